The largest absolute Gasteiger partial charge is 0.355 e. The van der Waals surface area contributed by atoms with Crippen molar-refractivity contribution in [3.05, 3.63) is 11.3 Å². The molecule has 0 bridgehead atoms. The Morgan fingerprint density at radius 3 is 2.67 bits per heavy atom. The molecule has 84 valence electrons. The number of nitrogens with two attached hydrogens (primary N) is 1. The molecule has 0 aliphatic carbocycles. The van der Waals surface area contributed by atoms with Crippen molar-refractivity contribution in [2.75, 3.05) is 18.0 Å². The van der Waals surface area contributed by atoms with Gasteiger partial charge in [-0.05, 0) is 26.2 Å². The molecule has 0 saturated carbocycles. The highest BCUT2D eigenvalue weighted by Crippen LogP contribution is 2.23. The van der Waals surface area contributed by atoms with Crippen LogP contribution < -0.4 is 10.6 Å². The van der Waals surface area contributed by atoms with Crippen molar-refractivity contribution >= 4 is 5.82 Å². The van der Waals surface area contributed by atoms with E-state index >= 15 is 0 Å². The van der Waals surface area contributed by atoms with Gasteiger partial charge in [-0.2, -0.15) is 5.10 Å². The van der Waals surface area contributed by atoms with Gasteiger partial charge in [0.1, 0.15) is 0 Å². The Bertz CT molecular complexity index is 323. The zero-order valence-electron chi connectivity index (χ0n) is 9.58. The Kier molecular flexibility index (Phi) is 2.95. The molecule has 1 aromatic heterocycles. The Labute approximate surface area is 90.8 Å². The van der Waals surface area contributed by atoms with Crippen LogP contribution in [0.15, 0.2) is 0 Å². The molecule has 2 heterocycles. The van der Waals surface area contributed by atoms with Crippen LogP contribution in [0.4, 0.5) is 5.82 Å². The molecule has 1 saturated heterocycles. The summed E-state index contributed by atoms with van der Waals surface area (Å²) in [4.78, 5) is 2.34. The second-order valence-corrected chi connectivity index (χ2v) is 4.33. The number of aromatic nitrogens is 2. The molecule has 2 rings (SSSR count). The number of rotatable bonds is 2. The number of hydrogen-bond donors (Lipinski definition) is 2. The smallest absolute Gasteiger partial charge is 0.153 e. The van der Waals surface area contributed by atoms with Gasteiger partial charge in [0.15, 0.2) is 5.82 Å². The number of aromatic amines is 1. The fourth-order valence-corrected chi connectivity index (χ4v) is 2.19. The van der Waals surface area contributed by atoms with Crippen LogP contribution in [-0.2, 0) is 6.42 Å². The molecule has 0 unspecified atom stereocenters. The average molecular weight is 208 g/mol. The van der Waals surface area contributed by atoms with Crippen LogP contribution in [-0.4, -0.2) is 29.3 Å². The van der Waals surface area contributed by atoms with Gasteiger partial charge in [-0.15, -0.1) is 0 Å². The number of piperidine rings is 1. The fourth-order valence-electron chi connectivity index (χ4n) is 2.19. The average Bonchev–Trinajstić information content (AvgIpc) is 2.61. The van der Waals surface area contributed by atoms with E-state index in [1.165, 1.54) is 11.3 Å². The molecule has 4 nitrogen and oxygen atoms in total. The third kappa shape index (κ3) is 2.00. The number of H-pyrrole nitrogens is 1. The second kappa shape index (κ2) is 4.23. The maximum Gasteiger partial charge on any atom is 0.153 e. The van der Waals surface area contributed by atoms with Gasteiger partial charge < -0.3 is 10.6 Å². The molecule has 1 aromatic rings. The lowest BCUT2D eigenvalue weighted by Gasteiger charge is -2.30. The lowest BCUT2D eigenvalue weighted by Crippen LogP contribution is -2.40. The molecule has 1 fully saturated rings. The van der Waals surface area contributed by atoms with E-state index in [2.05, 4.69) is 28.9 Å². The standard InChI is InChI=1S/C11H20N4/c1-3-10-8(2)11(14-13-10)15-6-4-9(12)5-7-15/h9H,3-7,12H2,1-2H3,(H,13,14). The molecule has 1 aliphatic heterocycles. The van der Waals surface area contributed by atoms with E-state index in [9.17, 15) is 0 Å². The van der Waals surface area contributed by atoms with E-state index < -0.39 is 0 Å². The maximum absolute atomic E-state index is 5.89. The molecule has 0 spiro atoms. The van der Waals surface area contributed by atoms with Gasteiger partial charge in [-0.25, -0.2) is 0 Å². The molecular weight excluding hydrogens is 188 g/mol. The normalized spacial score (nSPS) is 18.5. The van der Waals surface area contributed by atoms with Crippen LogP contribution >= 0.6 is 0 Å². The van der Waals surface area contributed by atoms with Gasteiger partial charge in [0.2, 0.25) is 0 Å². The van der Waals surface area contributed by atoms with Crippen molar-refractivity contribution in [3.8, 4) is 0 Å². The van der Waals surface area contributed by atoms with Gasteiger partial charge in [-0.3, -0.25) is 5.10 Å². The van der Waals surface area contributed by atoms with Gasteiger partial charge >= 0.3 is 0 Å². The van der Waals surface area contributed by atoms with E-state index in [0.29, 0.717) is 6.04 Å². The summed E-state index contributed by atoms with van der Waals surface area (Å²) >= 11 is 0. The highest BCUT2D eigenvalue weighted by Gasteiger charge is 2.20. The molecule has 0 atom stereocenters. The van der Waals surface area contributed by atoms with Crippen molar-refractivity contribution in [3.63, 3.8) is 0 Å². The molecule has 3 N–H and O–H groups in total. The minimum absolute atomic E-state index is 0.381. The summed E-state index contributed by atoms with van der Waals surface area (Å²) in [5.74, 6) is 1.12. The summed E-state index contributed by atoms with van der Waals surface area (Å²) in [6.07, 6.45) is 3.17. The SMILES string of the molecule is CCc1[nH]nc(N2CCC(N)CC2)c1C. The van der Waals surface area contributed by atoms with Crippen molar-refractivity contribution in [1.82, 2.24) is 10.2 Å². The van der Waals surface area contributed by atoms with Gasteiger partial charge in [0.05, 0.1) is 0 Å². The number of aryl methyl sites for hydroxylation is 1. The Hall–Kier alpha value is -1.03. The third-order valence-electron chi connectivity index (χ3n) is 3.28. The minimum Gasteiger partial charge on any atom is -0.355 e. The maximum atomic E-state index is 5.89. The van der Waals surface area contributed by atoms with Gasteiger partial charge in [0, 0.05) is 30.4 Å². The predicted octanol–water partition coefficient (Wildman–Crippen LogP) is 1.21. The Morgan fingerprint density at radius 2 is 2.13 bits per heavy atom. The van der Waals surface area contributed by atoms with Crippen LogP contribution in [0, 0.1) is 6.92 Å². The summed E-state index contributed by atoms with van der Waals surface area (Å²) in [6, 6.07) is 0.381. The summed E-state index contributed by atoms with van der Waals surface area (Å²) < 4.78 is 0. The highest BCUT2D eigenvalue weighted by molar-refractivity contribution is 5.48. The Balaban J connectivity index is 2.12. The van der Waals surface area contributed by atoms with E-state index in [4.69, 9.17) is 5.73 Å². The van der Waals surface area contributed by atoms with Gasteiger partial charge in [-0.1, -0.05) is 6.92 Å². The number of nitrogens with one attached hydrogen (secondary N) is 1. The second-order valence-electron chi connectivity index (χ2n) is 4.33. The Morgan fingerprint density at radius 1 is 1.47 bits per heavy atom. The van der Waals surface area contributed by atoms with Crippen LogP contribution in [0.1, 0.15) is 31.0 Å². The van der Waals surface area contributed by atoms with E-state index in [-0.39, 0.29) is 0 Å². The quantitative estimate of drug-likeness (QED) is 0.768. The zero-order chi connectivity index (χ0) is 10.8. The lowest BCUT2D eigenvalue weighted by molar-refractivity contribution is 0.498. The number of anilines is 1. The summed E-state index contributed by atoms with van der Waals surface area (Å²) in [7, 11) is 0. The number of hydrogen-bond acceptors (Lipinski definition) is 3. The van der Waals surface area contributed by atoms with Crippen LogP contribution in [0.3, 0.4) is 0 Å². The summed E-state index contributed by atoms with van der Waals surface area (Å²) in [5, 5.41) is 7.50. The summed E-state index contributed by atoms with van der Waals surface area (Å²) in [5.41, 5.74) is 8.44. The monoisotopic (exact) mass is 208 g/mol. The van der Waals surface area contributed by atoms with Crippen molar-refractivity contribution in [2.24, 2.45) is 5.73 Å². The molecule has 4 heteroatoms. The first-order chi connectivity index (χ1) is 7.22. The van der Waals surface area contributed by atoms with E-state index in [1.54, 1.807) is 0 Å². The summed E-state index contributed by atoms with van der Waals surface area (Å²) in [6.45, 7) is 6.37. The molecular formula is C11H20N4. The predicted molar refractivity (Wildman–Crippen MR) is 62.1 cm³/mol. The van der Waals surface area contributed by atoms with E-state index in [0.717, 1.165) is 38.2 Å². The first-order valence-corrected chi connectivity index (χ1v) is 5.76. The van der Waals surface area contributed by atoms with Crippen LogP contribution in [0.5, 0.6) is 0 Å². The first kappa shape index (κ1) is 10.5. The highest BCUT2D eigenvalue weighted by atomic mass is 15.3. The minimum atomic E-state index is 0.381. The molecule has 0 radical (unpaired) electrons. The molecule has 1 aliphatic rings. The van der Waals surface area contributed by atoms with Gasteiger partial charge in [0.25, 0.3) is 0 Å². The lowest BCUT2D eigenvalue weighted by atomic mass is 10.1. The number of nitrogens with zero attached hydrogens (tertiary/aromatic N) is 2. The molecule has 0 amide bonds. The molecule has 15 heavy (non-hydrogen) atoms. The third-order valence-corrected chi connectivity index (χ3v) is 3.28. The van der Waals surface area contributed by atoms with Crippen LogP contribution in [0.25, 0.3) is 0 Å². The fraction of sp³-hybridized carbons (Fsp3) is 0.727. The topological polar surface area (TPSA) is 57.9 Å². The van der Waals surface area contributed by atoms with Crippen molar-refractivity contribution in [1.29, 1.82) is 0 Å². The molecule has 0 aromatic carbocycles. The van der Waals surface area contributed by atoms with Crippen molar-refractivity contribution < 1.29 is 0 Å². The zero-order valence-corrected chi connectivity index (χ0v) is 9.58. The van der Waals surface area contributed by atoms with Crippen LogP contribution in [0.2, 0.25) is 0 Å². The van der Waals surface area contributed by atoms with E-state index in [1.807, 2.05) is 0 Å². The van der Waals surface area contributed by atoms with Crippen molar-refractivity contribution in [2.45, 2.75) is 39.2 Å². The first-order valence-electron chi connectivity index (χ1n) is 5.76.